The van der Waals surface area contributed by atoms with Crippen LogP contribution in [0.15, 0.2) is 48.7 Å². The van der Waals surface area contributed by atoms with E-state index < -0.39 is 0 Å². The molecule has 0 radical (unpaired) electrons. The highest BCUT2D eigenvalue weighted by Crippen LogP contribution is 2.28. The lowest BCUT2D eigenvalue weighted by Gasteiger charge is -2.17. The summed E-state index contributed by atoms with van der Waals surface area (Å²) in [7, 11) is 0. The molecular weight excluding hydrogens is 416 g/mol. The first kappa shape index (κ1) is 20.7. The van der Waals surface area contributed by atoms with Crippen LogP contribution in [-0.4, -0.2) is 48.2 Å². The zero-order valence-electron chi connectivity index (χ0n) is 16.9. The molecule has 0 fully saturated rings. The van der Waals surface area contributed by atoms with Crippen LogP contribution in [0.2, 0.25) is 0 Å². The Bertz CT molecular complexity index is 1110. The minimum atomic E-state index is -0.176. The van der Waals surface area contributed by atoms with Crippen molar-refractivity contribution in [3.8, 4) is 0 Å². The molecular formula is C21H24N6OS2. The summed E-state index contributed by atoms with van der Waals surface area (Å²) in [5.41, 5.74) is 2.74. The van der Waals surface area contributed by atoms with Gasteiger partial charge in [-0.3, -0.25) is 9.20 Å². The molecule has 0 aliphatic heterocycles. The van der Waals surface area contributed by atoms with Gasteiger partial charge in [0.2, 0.25) is 5.91 Å². The van der Waals surface area contributed by atoms with E-state index in [-0.39, 0.29) is 17.2 Å². The quantitative estimate of drug-likeness (QED) is 0.409. The number of hydrogen-bond donors (Lipinski definition) is 2. The molecule has 1 aromatic carbocycles. The number of nitrogens with one attached hydrogen (secondary N) is 2. The minimum absolute atomic E-state index is 0.0123. The summed E-state index contributed by atoms with van der Waals surface area (Å²) in [5, 5.41) is 11.8. The fourth-order valence-corrected chi connectivity index (χ4v) is 4.51. The summed E-state index contributed by atoms with van der Waals surface area (Å²) in [6.45, 7) is 2.06. The molecule has 2 N–H and O–H groups in total. The molecule has 0 spiro atoms. The molecule has 2 unspecified atom stereocenters. The second kappa shape index (κ2) is 9.53. The van der Waals surface area contributed by atoms with Gasteiger partial charge in [0, 0.05) is 6.20 Å². The van der Waals surface area contributed by atoms with Crippen molar-refractivity contribution in [2.45, 2.75) is 24.6 Å². The van der Waals surface area contributed by atoms with Gasteiger partial charge in [-0.1, -0.05) is 18.2 Å². The van der Waals surface area contributed by atoms with Crippen LogP contribution in [0.25, 0.3) is 16.7 Å². The largest absolute Gasteiger partial charge is 0.345 e. The van der Waals surface area contributed by atoms with Crippen molar-refractivity contribution in [2.75, 3.05) is 17.8 Å². The second-order valence-corrected chi connectivity index (χ2v) is 9.30. The lowest BCUT2D eigenvalue weighted by molar-refractivity contribution is -0.119. The van der Waals surface area contributed by atoms with Crippen LogP contribution >= 0.6 is 23.5 Å². The number of aromatic nitrogens is 5. The molecule has 7 nitrogen and oxygen atoms in total. The predicted octanol–water partition coefficient (Wildman–Crippen LogP) is 4.01. The molecule has 0 bridgehead atoms. The zero-order chi connectivity index (χ0) is 20.9. The number of H-pyrrole nitrogens is 1. The topological polar surface area (TPSA) is 88.0 Å². The molecule has 0 saturated heterocycles. The van der Waals surface area contributed by atoms with Crippen molar-refractivity contribution >= 4 is 46.1 Å². The molecule has 0 aliphatic rings. The van der Waals surface area contributed by atoms with Crippen molar-refractivity contribution in [3.05, 3.63) is 60.3 Å². The molecule has 3 aromatic heterocycles. The van der Waals surface area contributed by atoms with Crippen LogP contribution in [0.5, 0.6) is 0 Å². The highest BCUT2D eigenvalue weighted by molar-refractivity contribution is 8.00. The molecule has 156 valence electrons. The Morgan fingerprint density at radius 1 is 1.20 bits per heavy atom. The van der Waals surface area contributed by atoms with Crippen molar-refractivity contribution < 1.29 is 4.79 Å². The van der Waals surface area contributed by atoms with Gasteiger partial charge in [-0.2, -0.15) is 11.8 Å². The highest BCUT2D eigenvalue weighted by atomic mass is 32.2. The van der Waals surface area contributed by atoms with Gasteiger partial charge in [0.15, 0.2) is 11.5 Å². The van der Waals surface area contributed by atoms with E-state index in [1.807, 2.05) is 53.1 Å². The first-order valence-electron chi connectivity index (χ1n) is 9.80. The van der Waals surface area contributed by atoms with E-state index in [0.29, 0.717) is 5.75 Å². The third-order valence-electron chi connectivity index (χ3n) is 4.85. The van der Waals surface area contributed by atoms with Crippen LogP contribution in [0, 0.1) is 0 Å². The average Bonchev–Trinajstić information content (AvgIpc) is 3.39. The minimum Gasteiger partial charge on any atom is -0.345 e. The van der Waals surface area contributed by atoms with Crippen LogP contribution in [0.3, 0.4) is 0 Å². The molecule has 4 aromatic rings. The summed E-state index contributed by atoms with van der Waals surface area (Å²) in [4.78, 5) is 20.7. The monoisotopic (exact) mass is 440 g/mol. The maximum absolute atomic E-state index is 12.7. The number of imidazole rings is 1. The van der Waals surface area contributed by atoms with Gasteiger partial charge in [-0.25, -0.2) is 4.98 Å². The Balaban J connectivity index is 1.41. The molecule has 9 heteroatoms. The summed E-state index contributed by atoms with van der Waals surface area (Å²) in [6.07, 6.45) is 4.79. The maximum atomic E-state index is 12.7. The van der Waals surface area contributed by atoms with E-state index in [1.54, 1.807) is 23.5 Å². The Morgan fingerprint density at radius 3 is 2.87 bits per heavy atom. The Hall–Kier alpha value is -2.52. The zero-order valence-corrected chi connectivity index (χ0v) is 18.5. The number of aromatic amines is 1. The maximum Gasteiger partial charge on any atom is 0.230 e. The van der Waals surface area contributed by atoms with Gasteiger partial charge in [0.05, 0.1) is 28.1 Å². The number of nitrogens with zero attached hydrogens (tertiary/aromatic N) is 4. The predicted molar refractivity (Wildman–Crippen MR) is 124 cm³/mol. The van der Waals surface area contributed by atoms with Gasteiger partial charge in [0.25, 0.3) is 0 Å². The molecule has 2 atom stereocenters. The van der Waals surface area contributed by atoms with Gasteiger partial charge in [-0.15, -0.1) is 22.0 Å². The van der Waals surface area contributed by atoms with Gasteiger partial charge >= 0.3 is 0 Å². The molecule has 1 amide bonds. The van der Waals surface area contributed by atoms with Gasteiger partial charge < -0.3 is 10.3 Å². The van der Waals surface area contributed by atoms with Gasteiger partial charge in [0.1, 0.15) is 5.82 Å². The second-order valence-electron chi connectivity index (χ2n) is 6.98. The summed E-state index contributed by atoms with van der Waals surface area (Å²) < 4.78 is 1.94. The fraction of sp³-hybridized carbons (Fsp3) is 0.333. The number of para-hydroxylation sites is 2. The van der Waals surface area contributed by atoms with E-state index in [1.165, 1.54) is 0 Å². The van der Waals surface area contributed by atoms with Crippen molar-refractivity contribution in [1.82, 2.24) is 29.9 Å². The summed E-state index contributed by atoms with van der Waals surface area (Å²) in [5.74, 6) is 2.92. The van der Waals surface area contributed by atoms with E-state index >= 15 is 0 Å². The van der Waals surface area contributed by atoms with Crippen molar-refractivity contribution in [1.29, 1.82) is 0 Å². The highest BCUT2D eigenvalue weighted by Gasteiger charge is 2.21. The van der Waals surface area contributed by atoms with E-state index in [9.17, 15) is 4.79 Å². The van der Waals surface area contributed by atoms with Crippen LogP contribution in [0.1, 0.15) is 36.3 Å². The van der Waals surface area contributed by atoms with Crippen LogP contribution in [-0.2, 0) is 4.79 Å². The normalized spacial score (nSPS) is 13.5. The SMILES string of the molecule is CSCCC(NC(=O)CSC(C)c1nc2ccccc2[nH]1)c1nnc2ccccn12. The third-order valence-corrected chi connectivity index (χ3v) is 6.65. The Morgan fingerprint density at radius 2 is 2.03 bits per heavy atom. The Labute approximate surface area is 183 Å². The number of benzene rings is 1. The average molecular weight is 441 g/mol. The Kier molecular flexibility index (Phi) is 6.59. The molecule has 0 saturated carbocycles. The van der Waals surface area contributed by atoms with Crippen LogP contribution in [0.4, 0.5) is 0 Å². The van der Waals surface area contributed by atoms with Gasteiger partial charge in [-0.05, 0) is 49.6 Å². The number of carbonyl (C=O) groups excluding carboxylic acids is 1. The summed E-state index contributed by atoms with van der Waals surface area (Å²) in [6, 6.07) is 13.6. The molecule has 0 aliphatic carbocycles. The number of amides is 1. The number of rotatable bonds is 9. The number of hydrogen-bond acceptors (Lipinski definition) is 6. The first-order valence-corrected chi connectivity index (χ1v) is 12.2. The first-order chi connectivity index (χ1) is 14.7. The lowest BCUT2D eigenvalue weighted by Crippen LogP contribution is -2.31. The number of carbonyl (C=O) groups is 1. The summed E-state index contributed by atoms with van der Waals surface area (Å²) >= 11 is 3.32. The number of pyridine rings is 1. The van der Waals surface area contributed by atoms with E-state index in [0.717, 1.165) is 40.5 Å². The smallest absolute Gasteiger partial charge is 0.230 e. The van der Waals surface area contributed by atoms with Crippen molar-refractivity contribution in [2.24, 2.45) is 0 Å². The molecule has 30 heavy (non-hydrogen) atoms. The standard InChI is InChI=1S/C21H24N6OS2/c1-14(20-23-15-7-3-4-8-16(15)24-20)30-13-19(28)22-17(10-12-29-2)21-26-25-18-9-5-6-11-27(18)21/h3-9,11,14,17H,10,12-13H2,1-2H3,(H,22,28)(H,23,24). The van der Waals surface area contributed by atoms with E-state index in [2.05, 4.69) is 38.7 Å². The fourth-order valence-electron chi connectivity index (χ4n) is 3.28. The number of fused-ring (bicyclic) bond motifs is 2. The van der Waals surface area contributed by atoms with Crippen LogP contribution < -0.4 is 5.32 Å². The molecule has 4 rings (SSSR count). The molecule has 3 heterocycles. The van der Waals surface area contributed by atoms with Crippen molar-refractivity contribution in [3.63, 3.8) is 0 Å². The lowest BCUT2D eigenvalue weighted by atomic mass is 10.2. The number of thioether (sulfide) groups is 2. The van der Waals surface area contributed by atoms with E-state index in [4.69, 9.17) is 0 Å². The third kappa shape index (κ3) is 4.62.